The summed E-state index contributed by atoms with van der Waals surface area (Å²) in [6.07, 6.45) is 3.45. The number of piperazine rings is 1. The Bertz CT molecular complexity index is 915. The van der Waals surface area contributed by atoms with E-state index < -0.39 is 0 Å². The monoisotopic (exact) mass is 349 g/mol. The molecule has 1 saturated heterocycles. The quantitative estimate of drug-likeness (QED) is 0.709. The molecule has 0 unspecified atom stereocenters. The smallest absolute Gasteiger partial charge is 0.345 e. The summed E-state index contributed by atoms with van der Waals surface area (Å²) in [6, 6.07) is 16.0. The summed E-state index contributed by atoms with van der Waals surface area (Å²) in [5, 5.41) is 0.549. The van der Waals surface area contributed by atoms with Crippen LogP contribution >= 0.6 is 0 Å². The molecule has 2 aromatic heterocycles. The van der Waals surface area contributed by atoms with Gasteiger partial charge in [0.15, 0.2) is 0 Å². The van der Waals surface area contributed by atoms with Gasteiger partial charge in [-0.1, -0.05) is 18.2 Å². The van der Waals surface area contributed by atoms with Gasteiger partial charge in [-0.3, -0.25) is 9.88 Å². The average molecular weight is 349 g/mol. The lowest BCUT2D eigenvalue weighted by Gasteiger charge is -2.36. The predicted octanol–water partition coefficient (Wildman–Crippen LogP) is 2.94. The lowest BCUT2D eigenvalue weighted by atomic mass is 10.2. The van der Waals surface area contributed by atoms with E-state index >= 15 is 0 Å². The van der Waals surface area contributed by atoms with Crippen LogP contribution in [0.4, 0.5) is 5.69 Å². The van der Waals surface area contributed by atoms with E-state index in [9.17, 15) is 4.79 Å². The minimum atomic E-state index is -0.290. The van der Waals surface area contributed by atoms with E-state index in [0.29, 0.717) is 5.39 Å². The van der Waals surface area contributed by atoms with E-state index in [4.69, 9.17) is 4.42 Å². The molecule has 1 aliphatic rings. The number of fused-ring (bicyclic) bond motifs is 1. The topological polar surface area (TPSA) is 49.6 Å². The maximum Gasteiger partial charge on any atom is 0.345 e. The Morgan fingerprint density at radius 2 is 1.81 bits per heavy atom. The number of hydrogen-bond acceptors (Lipinski definition) is 5. The number of aromatic nitrogens is 1. The first kappa shape index (κ1) is 16.8. The fourth-order valence-electron chi connectivity index (χ4n) is 3.53. The van der Waals surface area contributed by atoms with Crippen LogP contribution in [0.2, 0.25) is 0 Å². The molecule has 3 heterocycles. The molecule has 1 aromatic carbocycles. The maximum absolute atomic E-state index is 12.0. The third kappa shape index (κ3) is 3.78. The molecule has 0 N–H and O–H groups in total. The second kappa shape index (κ2) is 7.70. The molecule has 5 nitrogen and oxygen atoms in total. The Morgan fingerprint density at radius 1 is 1.00 bits per heavy atom. The Morgan fingerprint density at radius 3 is 2.62 bits per heavy atom. The van der Waals surface area contributed by atoms with Crippen molar-refractivity contribution in [3.63, 3.8) is 0 Å². The number of nitrogens with zero attached hydrogens (tertiary/aromatic N) is 3. The molecule has 26 heavy (non-hydrogen) atoms. The summed E-state index contributed by atoms with van der Waals surface area (Å²) in [6.45, 7) is 5.26. The van der Waals surface area contributed by atoms with E-state index in [2.05, 4.69) is 45.1 Å². The largest absolute Gasteiger partial charge is 0.427 e. The van der Waals surface area contributed by atoms with Gasteiger partial charge in [-0.25, -0.2) is 4.79 Å². The number of rotatable bonds is 5. The summed E-state index contributed by atoms with van der Waals surface area (Å²) in [7, 11) is 0. The molecule has 3 aromatic rings. The zero-order valence-corrected chi connectivity index (χ0v) is 14.8. The van der Waals surface area contributed by atoms with Crippen LogP contribution in [0.15, 0.2) is 63.9 Å². The van der Waals surface area contributed by atoms with Crippen molar-refractivity contribution in [2.75, 3.05) is 37.6 Å². The molecule has 0 amide bonds. The summed E-state index contributed by atoms with van der Waals surface area (Å²) >= 11 is 0. The molecule has 1 fully saturated rings. The van der Waals surface area contributed by atoms with Gasteiger partial charge in [0.25, 0.3) is 0 Å². The predicted molar refractivity (Wildman–Crippen MR) is 104 cm³/mol. The van der Waals surface area contributed by atoms with E-state index in [1.54, 1.807) is 18.3 Å². The van der Waals surface area contributed by atoms with Crippen LogP contribution in [0, 0.1) is 0 Å². The third-order valence-corrected chi connectivity index (χ3v) is 4.97. The van der Waals surface area contributed by atoms with E-state index in [1.807, 2.05) is 6.07 Å². The SMILES string of the molecule is O=c1oc(CCCN2CCN(c3ccccc3)CC2)cc2ncccc12. The van der Waals surface area contributed by atoms with Crippen molar-refractivity contribution < 1.29 is 4.42 Å². The Labute approximate surface area is 152 Å². The first-order chi connectivity index (χ1) is 12.8. The van der Waals surface area contributed by atoms with Gasteiger partial charge in [0.1, 0.15) is 5.76 Å². The Balaban J connectivity index is 1.29. The summed E-state index contributed by atoms with van der Waals surface area (Å²) in [5.74, 6) is 0.726. The fourth-order valence-corrected chi connectivity index (χ4v) is 3.53. The van der Waals surface area contributed by atoms with Crippen molar-refractivity contribution in [2.24, 2.45) is 0 Å². The molecule has 0 radical (unpaired) electrons. The number of para-hydroxylation sites is 1. The van der Waals surface area contributed by atoms with E-state index in [1.165, 1.54) is 5.69 Å². The minimum Gasteiger partial charge on any atom is -0.427 e. The second-order valence-corrected chi connectivity index (χ2v) is 6.70. The average Bonchev–Trinajstić information content (AvgIpc) is 2.69. The van der Waals surface area contributed by atoms with Gasteiger partial charge in [-0.2, -0.15) is 0 Å². The number of aryl methyl sites for hydroxylation is 1. The standard InChI is InChI=1S/C21H23N3O2/c25-21-19-9-4-10-22-20(19)16-18(26-21)8-5-11-23-12-14-24(15-13-23)17-6-2-1-3-7-17/h1-4,6-7,9-10,16H,5,8,11-15H2. The van der Waals surface area contributed by atoms with Crippen molar-refractivity contribution in [2.45, 2.75) is 12.8 Å². The molecule has 0 spiro atoms. The summed E-state index contributed by atoms with van der Waals surface area (Å²) in [4.78, 5) is 21.2. The van der Waals surface area contributed by atoms with Gasteiger partial charge in [0.2, 0.25) is 0 Å². The molecule has 4 rings (SSSR count). The molecule has 0 aliphatic carbocycles. The minimum absolute atomic E-state index is 0.290. The van der Waals surface area contributed by atoms with Gasteiger partial charge >= 0.3 is 5.63 Å². The molecule has 0 saturated carbocycles. The van der Waals surface area contributed by atoms with Crippen molar-refractivity contribution in [3.05, 3.63) is 70.9 Å². The summed E-state index contributed by atoms with van der Waals surface area (Å²) < 4.78 is 5.43. The van der Waals surface area contributed by atoms with Crippen LogP contribution in [-0.2, 0) is 6.42 Å². The first-order valence-electron chi connectivity index (χ1n) is 9.20. The van der Waals surface area contributed by atoms with Gasteiger partial charge < -0.3 is 9.32 Å². The lowest BCUT2D eigenvalue weighted by molar-refractivity contribution is 0.252. The van der Waals surface area contributed by atoms with Gasteiger partial charge in [-0.05, 0) is 37.2 Å². The van der Waals surface area contributed by atoms with Crippen LogP contribution in [0.25, 0.3) is 10.9 Å². The van der Waals surface area contributed by atoms with Gasteiger partial charge in [-0.15, -0.1) is 0 Å². The van der Waals surface area contributed by atoms with Crippen LogP contribution in [0.3, 0.4) is 0 Å². The number of anilines is 1. The van der Waals surface area contributed by atoms with Crippen molar-refractivity contribution in [1.29, 1.82) is 0 Å². The highest BCUT2D eigenvalue weighted by Crippen LogP contribution is 2.16. The Kier molecular flexibility index (Phi) is 4.97. The highest BCUT2D eigenvalue weighted by Gasteiger charge is 2.16. The molecular weight excluding hydrogens is 326 g/mol. The zero-order chi connectivity index (χ0) is 17.8. The number of hydrogen-bond donors (Lipinski definition) is 0. The van der Waals surface area contributed by atoms with Gasteiger partial charge in [0.05, 0.1) is 10.9 Å². The van der Waals surface area contributed by atoms with Crippen LogP contribution in [0.1, 0.15) is 12.2 Å². The highest BCUT2D eigenvalue weighted by atomic mass is 16.4. The van der Waals surface area contributed by atoms with Crippen LogP contribution in [0.5, 0.6) is 0 Å². The number of benzene rings is 1. The molecule has 0 bridgehead atoms. The van der Waals surface area contributed by atoms with Crippen molar-refractivity contribution in [3.8, 4) is 0 Å². The molecule has 0 atom stereocenters. The molecule has 5 heteroatoms. The highest BCUT2D eigenvalue weighted by molar-refractivity contribution is 5.76. The van der Waals surface area contributed by atoms with Crippen molar-refractivity contribution in [1.82, 2.24) is 9.88 Å². The molecule has 134 valence electrons. The summed E-state index contributed by atoms with van der Waals surface area (Å²) in [5.41, 5.74) is 1.73. The van der Waals surface area contributed by atoms with E-state index in [0.717, 1.165) is 56.8 Å². The lowest BCUT2D eigenvalue weighted by Crippen LogP contribution is -2.46. The third-order valence-electron chi connectivity index (χ3n) is 4.97. The van der Waals surface area contributed by atoms with Crippen molar-refractivity contribution >= 4 is 16.6 Å². The fraction of sp³-hybridized carbons (Fsp3) is 0.333. The maximum atomic E-state index is 12.0. The van der Waals surface area contributed by atoms with Crippen LogP contribution < -0.4 is 10.5 Å². The molecule has 1 aliphatic heterocycles. The zero-order valence-electron chi connectivity index (χ0n) is 14.8. The van der Waals surface area contributed by atoms with Gasteiger partial charge in [0, 0.05) is 50.6 Å². The normalized spacial score (nSPS) is 15.5. The molecular formula is C21H23N3O2. The second-order valence-electron chi connectivity index (χ2n) is 6.70. The Hall–Kier alpha value is -2.66. The van der Waals surface area contributed by atoms with E-state index in [-0.39, 0.29) is 5.63 Å². The first-order valence-corrected chi connectivity index (χ1v) is 9.20. The number of pyridine rings is 1. The van der Waals surface area contributed by atoms with Crippen LogP contribution in [-0.4, -0.2) is 42.6 Å².